The summed E-state index contributed by atoms with van der Waals surface area (Å²) in [4.78, 5) is 17.4. The first-order valence-corrected chi connectivity index (χ1v) is 8.82. The lowest BCUT2D eigenvalue weighted by Crippen LogP contribution is -2.63. The Kier molecular flexibility index (Phi) is 5.05. The van der Waals surface area contributed by atoms with Gasteiger partial charge >= 0.3 is 0 Å². The van der Waals surface area contributed by atoms with Gasteiger partial charge in [-0.25, -0.2) is 0 Å². The number of carbonyl (C=O) groups excluding carboxylic acids is 1. The van der Waals surface area contributed by atoms with Gasteiger partial charge in [0.2, 0.25) is 5.91 Å². The van der Waals surface area contributed by atoms with Crippen molar-refractivity contribution in [2.45, 2.75) is 76.3 Å². The molecule has 0 spiro atoms. The second-order valence-electron chi connectivity index (χ2n) is 7.17. The summed E-state index contributed by atoms with van der Waals surface area (Å²) in [6, 6.07) is 0.682. The molecule has 2 aliphatic heterocycles. The second-order valence-corrected chi connectivity index (χ2v) is 7.17. The van der Waals surface area contributed by atoms with Crippen molar-refractivity contribution in [2.75, 3.05) is 26.8 Å². The van der Waals surface area contributed by atoms with Crippen molar-refractivity contribution in [1.82, 2.24) is 9.80 Å². The number of hydrogen-bond donors (Lipinski definition) is 0. The Morgan fingerprint density at radius 2 is 2.05 bits per heavy atom. The lowest BCUT2D eigenvalue weighted by molar-refractivity contribution is -0.158. The molecule has 2 saturated heterocycles. The Morgan fingerprint density at radius 1 is 1.23 bits per heavy atom. The van der Waals surface area contributed by atoms with Crippen molar-refractivity contribution in [1.29, 1.82) is 0 Å². The monoisotopic (exact) mass is 310 g/mol. The van der Waals surface area contributed by atoms with E-state index in [1.807, 2.05) is 0 Å². The number of methoxy groups -OCH3 is 1. The van der Waals surface area contributed by atoms with E-state index in [0.717, 1.165) is 51.8 Å². The maximum Gasteiger partial charge on any atom is 0.240 e. The molecular weight excluding hydrogens is 280 g/mol. The minimum absolute atomic E-state index is 0.0446. The predicted molar refractivity (Wildman–Crippen MR) is 84.8 cm³/mol. The molecule has 4 unspecified atom stereocenters. The van der Waals surface area contributed by atoms with E-state index < -0.39 is 0 Å². The fraction of sp³-hybridized carbons (Fsp3) is 0.941. The summed E-state index contributed by atoms with van der Waals surface area (Å²) < 4.78 is 11.6. The molecule has 5 heteroatoms. The van der Waals surface area contributed by atoms with Crippen LogP contribution in [0.25, 0.3) is 0 Å². The summed E-state index contributed by atoms with van der Waals surface area (Å²) >= 11 is 0. The molecule has 0 radical (unpaired) electrons. The van der Waals surface area contributed by atoms with E-state index in [9.17, 15) is 4.79 Å². The molecular formula is C17H30N2O3. The third-order valence-corrected chi connectivity index (χ3v) is 5.62. The lowest BCUT2D eigenvalue weighted by Gasteiger charge is -2.50. The second kappa shape index (κ2) is 6.85. The normalized spacial score (nSPS) is 37.5. The number of morpholine rings is 1. The summed E-state index contributed by atoms with van der Waals surface area (Å²) in [7, 11) is 1.80. The Bertz CT molecular complexity index is 401. The smallest absolute Gasteiger partial charge is 0.240 e. The highest BCUT2D eigenvalue weighted by Crippen LogP contribution is 2.33. The van der Waals surface area contributed by atoms with E-state index in [1.54, 1.807) is 7.11 Å². The van der Waals surface area contributed by atoms with Crippen molar-refractivity contribution in [2.24, 2.45) is 0 Å². The first kappa shape index (κ1) is 16.2. The molecule has 0 bridgehead atoms. The average molecular weight is 310 g/mol. The topological polar surface area (TPSA) is 42.0 Å². The maximum absolute atomic E-state index is 12.9. The molecule has 3 fully saturated rings. The number of ether oxygens (including phenoxy) is 2. The van der Waals surface area contributed by atoms with Gasteiger partial charge < -0.3 is 14.4 Å². The number of piperidine rings is 1. The van der Waals surface area contributed by atoms with Crippen molar-refractivity contribution in [3.63, 3.8) is 0 Å². The van der Waals surface area contributed by atoms with E-state index >= 15 is 0 Å². The molecule has 1 amide bonds. The number of likely N-dealkylation sites (tertiary alicyclic amines) is 1. The number of fused-ring (bicyclic) bond motifs is 1. The minimum Gasteiger partial charge on any atom is -0.381 e. The fourth-order valence-electron chi connectivity index (χ4n) is 4.40. The number of nitrogens with zero attached hydrogens (tertiary/aromatic N) is 2. The molecule has 0 aromatic heterocycles. The summed E-state index contributed by atoms with van der Waals surface area (Å²) in [5, 5.41) is 0. The highest BCUT2D eigenvalue weighted by atomic mass is 16.5. The zero-order valence-electron chi connectivity index (χ0n) is 14.2. The maximum atomic E-state index is 12.9. The molecule has 126 valence electrons. The number of rotatable bonds is 3. The first-order valence-electron chi connectivity index (χ1n) is 8.82. The average Bonchev–Trinajstić information content (AvgIpc) is 2.54. The largest absolute Gasteiger partial charge is 0.381 e. The van der Waals surface area contributed by atoms with Crippen LogP contribution in [0.1, 0.15) is 46.0 Å². The molecule has 2 heterocycles. The van der Waals surface area contributed by atoms with Gasteiger partial charge in [-0.15, -0.1) is 0 Å². The van der Waals surface area contributed by atoms with Gasteiger partial charge in [-0.05, 0) is 46.0 Å². The van der Waals surface area contributed by atoms with Gasteiger partial charge in [0, 0.05) is 32.3 Å². The van der Waals surface area contributed by atoms with Crippen LogP contribution in [0.5, 0.6) is 0 Å². The molecule has 3 aliphatic rings. The highest BCUT2D eigenvalue weighted by molar-refractivity contribution is 5.83. The van der Waals surface area contributed by atoms with Crippen LogP contribution in [0.2, 0.25) is 0 Å². The van der Waals surface area contributed by atoms with Crippen LogP contribution < -0.4 is 0 Å². The molecule has 0 N–H and O–H groups in total. The van der Waals surface area contributed by atoms with Gasteiger partial charge in [-0.3, -0.25) is 9.69 Å². The van der Waals surface area contributed by atoms with E-state index in [-0.39, 0.29) is 12.1 Å². The minimum atomic E-state index is 0.0446. The molecule has 4 atom stereocenters. The van der Waals surface area contributed by atoms with Crippen molar-refractivity contribution in [3.05, 3.63) is 0 Å². The molecule has 0 aromatic carbocycles. The summed E-state index contributed by atoms with van der Waals surface area (Å²) in [5.74, 6) is 0.321. The molecule has 1 saturated carbocycles. The number of amides is 1. The van der Waals surface area contributed by atoms with Crippen molar-refractivity contribution in [3.8, 4) is 0 Å². The van der Waals surface area contributed by atoms with Crippen LogP contribution >= 0.6 is 0 Å². The zero-order valence-corrected chi connectivity index (χ0v) is 14.2. The third-order valence-electron chi connectivity index (χ3n) is 5.62. The van der Waals surface area contributed by atoms with Crippen LogP contribution in [0.15, 0.2) is 0 Å². The van der Waals surface area contributed by atoms with E-state index in [1.165, 1.54) is 0 Å². The van der Waals surface area contributed by atoms with Gasteiger partial charge in [0.05, 0.1) is 24.9 Å². The predicted octanol–water partition coefficient (Wildman–Crippen LogP) is 1.65. The van der Waals surface area contributed by atoms with Crippen LogP contribution in [-0.2, 0) is 14.3 Å². The van der Waals surface area contributed by atoms with Gasteiger partial charge in [0.25, 0.3) is 0 Å². The van der Waals surface area contributed by atoms with Gasteiger partial charge in [0.1, 0.15) is 0 Å². The van der Waals surface area contributed by atoms with Crippen LogP contribution in [0.3, 0.4) is 0 Å². The molecule has 5 nitrogen and oxygen atoms in total. The highest BCUT2D eigenvalue weighted by Gasteiger charge is 2.44. The summed E-state index contributed by atoms with van der Waals surface area (Å²) in [5.41, 5.74) is 0. The van der Waals surface area contributed by atoms with Gasteiger partial charge in [-0.2, -0.15) is 0 Å². The van der Waals surface area contributed by atoms with Crippen LogP contribution in [0.4, 0.5) is 0 Å². The Labute approximate surface area is 133 Å². The van der Waals surface area contributed by atoms with Gasteiger partial charge in [0.15, 0.2) is 0 Å². The van der Waals surface area contributed by atoms with Crippen molar-refractivity contribution >= 4 is 5.91 Å². The Balaban J connectivity index is 1.75. The molecule has 0 aromatic rings. The third kappa shape index (κ3) is 3.03. The van der Waals surface area contributed by atoms with E-state index in [0.29, 0.717) is 24.1 Å². The SMILES string of the molecule is COC1CCC2OCCN(C3CCCN(C(C)C)C3=O)C2C1. The van der Waals surface area contributed by atoms with E-state index in [2.05, 4.69) is 23.6 Å². The number of carbonyl (C=O) groups is 1. The quantitative estimate of drug-likeness (QED) is 0.795. The molecule has 22 heavy (non-hydrogen) atoms. The standard InChI is InChI=1S/C17H30N2O3/c1-12(2)18-8-4-5-14(17(18)20)19-9-10-22-16-7-6-13(21-3)11-15(16)19/h12-16H,4-11H2,1-3H3. The van der Waals surface area contributed by atoms with E-state index in [4.69, 9.17) is 9.47 Å². The fourth-order valence-corrected chi connectivity index (χ4v) is 4.40. The summed E-state index contributed by atoms with van der Waals surface area (Å²) in [6.45, 7) is 6.77. The van der Waals surface area contributed by atoms with Crippen LogP contribution in [-0.4, -0.2) is 72.8 Å². The number of hydrogen-bond acceptors (Lipinski definition) is 4. The molecule has 3 rings (SSSR count). The summed E-state index contributed by atoms with van der Waals surface area (Å²) in [6.07, 6.45) is 5.80. The molecule has 1 aliphatic carbocycles. The van der Waals surface area contributed by atoms with Crippen LogP contribution in [0, 0.1) is 0 Å². The Hall–Kier alpha value is -0.650. The lowest BCUT2D eigenvalue weighted by atomic mass is 9.86. The zero-order chi connectivity index (χ0) is 15.7. The Morgan fingerprint density at radius 3 is 2.77 bits per heavy atom. The first-order chi connectivity index (χ1) is 10.6. The van der Waals surface area contributed by atoms with Crippen molar-refractivity contribution < 1.29 is 14.3 Å². The van der Waals surface area contributed by atoms with Gasteiger partial charge in [-0.1, -0.05) is 0 Å².